The first kappa shape index (κ1) is 49.5. The number of nitrogens with zero attached hydrogens (tertiary/aromatic N) is 6. The third-order valence-electron chi connectivity index (χ3n) is 12.4. The lowest BCUT2D eigenvalue weighted by Crippen LogP contribution is -2.11. The molecular weight excluding hydrogens is 997 g/mol. The first-order valence-electron chi connectivity index (χ1n) is 23.3. The van der Waals surface area contributed by atoms with E-state index in [-0.39, 0.29) is 16.9 Å². The molecule has 0 bridgehead atoms. The molecule has 16 heteroatoms. The third-order valence-corrected chi connectivity index (χ3v) is 13.0. The van der Waals surface area contributed by atoms with E-state index in [9.17, 15) is 18.0 Å². The van der Waals surface area contributed by atoms with Crippen LogP contribution in [0.5, 0.6) is 0 Å². The number of imidazole rings is 1. The summed E-state index contributed by atoms with van der Waals surface area (Å²) < 4.78 is 62.4. The fourth-order valence-electron chi connectivity index (χ4n) is 8.64. The van der Waals surface area contributed by atoms with Gasteiger partial charge in [-0.1, -0.05) is 80.6 Å². The van der Waals surface area contributed by atoms with Gasteiger partial charge < -0.3 is 14.9 Å². The van der Waals surface area contributed by atoms with E-state index in [1.807, 2.05) is 90.1 Å². The number of rotatable bonds is 10. The molecule has 0 saturated carbocycles. The largest absolute Gasteiger partial charge is 0.396 e. The number of hydrogen-bond acceptors (Lipinski definition) is 7. The van der Waals surface area contributed by atoms with Gasteiger partial charge in [0.15, 0.2) is 12.1 Å². The number of benzene rings is 6. The van der Waals surface area contributed by atoms with Crippen LogP contribution >= 0.6 is 15.9 Å². The maximum atomic E-state index is 15.5. The summed E-state index contributed by atoms with van der Waals surface area (Å²) in [5.41, 5.74) is 16.1. The van der Waals surface area contributed by atoms with E-state index in [1.165, 1.54) is 35.4 Å². The second-order valence-electron chi connectivity index (χ2n) is 17.3. The number of carbonyl (C=O) groups excluding carboxylic acids is 1. The molecule has 0 aliphatic carbocycles. The fourth-order valence-corrected chi connectivity index (χ4v) is 9.03. The van der Waals surface area contributed by atoms with E-state index in [2.05, 4.69) is 70.6 Å². The molecule has 0 radical (unpaired) electrons. The molecule has 0 spiro atoms. The highest BCUT2D eigenvalue weighted by atomic mass is 79.9. The monoisotopic (exact) mass is 1040 g/mol. The molecule has 11 rings (SSSR count). The van der Waals surface area contributed by atoms with Gasteiger partial charge in [-0.25, -0.2) is 27.5 Å². The highest BCUT2D eigenvalue weighted by molar-refractivity contribution is 9.10. The minimum atomic E-state index is -0.561. The lowest BCUT2D eigenvalue weighted by atomic mass is 9.95. The van der Waals surface area contributed by atoms with Crippen molar-refractivity contribution < 1.29 is 22.4 Å². The standard InChI is InChI=1S/C29H23F2N5.C16H11BrF2N2O.C12H13N3/c1-3-19-11-17(2)22(30)14-21(19)20-12-23(31)27-25(13-20)34-35-28(27)29-32-24-9-10-36(16-26(24)33-29)15-18-7-5-4-6-8-18;1-2-8-3-11(17)12(18)6-10(8)9-4-13(19)16-14(5-9)20-21-15(16)7-22;13-11-6-7-15(9-12(11)14)8-10-4-2-1-3-5-10/h4-14,16H,3,15H2,1-2H3,(H,34,35);3-7H,2H2,1H3,(H,20,21);1-7,9,13H,8,14H2. The molecular formula is C57H47BrF4N10O. The number of halogens is 5. The van der Waals surface area contributed by atoms with E-state index in [0.29, 0.717) is 108 Å². The smallest absolute Gasteiger partial charge is 0.182 e. The Labute approximate surface area is 425 Å². The summed E-state index contributed by atoms with van der Waals surface area (Å²) in [6.07, 6.45) is 9.45. The Bertz CT molecular complexity index is 3810. The summed E-state index contributed by atoms with van der Waals surface area (Å²) in [6, 6.07) is 36.4. The Hall–Kier alpha value is -8.50. The summed E-state index contributed by atoms with van der Waals surface area (Å²) in [4.78, 5) is 20.1. The number of H-pyrrole nitrogens is 2. The number of fused-ring (bicyclic) bond motifs is 3. The molecule has 0 amide bonds. The fraction of sp³-hybridized carbons (Fsp3) is 0.123. The number of aryl methyl sites for hydroxylation is 3. The lowest BCUT2D eigenvalue weighted by molar-refractivity contribution is 0.112. The maximum Gasteiger partial charge on any atom is 0.182 e. The van der Waals surface area contributed by atoms with Crippen LogP contribution < -0.4 is 11.1 Å². The molecule has 0 unspecified atom stereocenters. The van der Waals surface area contributed by atoms with Crippen LogP contribution in [0.2, 0.25) is 0 Å². The molecule has 0 fully saturated rings. The van der Waals surface area contributed by atoms with Gasteiger partial charge >= 0.3 is 0 Å². The minimum Gasteiger partial charge on any atom is -0.396 e. The van der Waals surface area contributed by atoms with Crippen molar-refractivity contribution in [3.63, 3.8) is 0 Å². The van der Waals surface area contributed by atoms with Crippen molar-refractivity contribution >= 4 is 49.7 Å². The first-order valence-corrected chi connectivity index (χ1v) is 24.1. The Morgan fingerprint density at radius 2 is 1.25 bits per heavy atom. The molecule has 0 saturated heterocycles. The van der Waals surface area contributed by atoms with Gasteiger partial charge in [-0.15, -0.1) is 0 Å². The van der Waals surface area contributed by atoms with E-state index < -0.39 is 17.5 Å². The zero-order valence-electron chi connectivity index (χ0n) is 39.8. The molecule has 0 atom stereocenters. The van der Waals surface area contributed by atoms with Gasteiger partial charge in [0.05, 0.1) is 43.0 Å². The van der Waals surface area contributed by atoms with Crippen LogP contribution in [0.1, 0.15) is 52.2 Å². The van der Waals surface area contributed by atoms with Crippen LogP contribution in [0, 0.1) is 35.6 Å². The summed E-state index contributed by atoms with van der Waals surface area (Å²) in [5, 5.41) is 22.0. The van der Waals surface area contributed by atoms with Crippen LogP contribution in [-0.2, 0) is 25.9 Å². The normalized spacial score (nSPS) is 11.1. The van der Waals surface area contributed by atoms with E-state index >= 15 is 4.39 Å². The Morgan fingerprint density at radius 3 is 1.89 bits per heavy atom. The second kappa shape index (κ2) is 21.5. The highest BCUT2D eigenvalue weighted by Crippen LogP contribution is 2.36. The number of aromatic nitrogens is 8. The number of aldehydes is 1. The quantitative estimate of drug-likeness (QED) is 0.0788. The van der Waals surface area contributed by atoms with Crippen LogP contribution in [0.4, 0.5) is 23.2 Å². The van der Waals surface area contributed by atoms with Gasteiger partial charge in [-0.3, -0.25) is 20.4 Å². The van der Waals surface area contributed by atoms with Crippen LogP contribution in [-0.4, -0.2) is 45.8 Å². The van der Waals surface area contributed by atoms with Crippen molar-refractivity contribution in [2.24, 2.45) is 0 Å². The van der Waals surface area contributed by atoms with Gasteiger partial charge in [0.25, 0.3) is 0 Å². The predicted molar refractivity (Wildman–Crippen MR) is 281 cm³/mol. The van der Waals surface area contributed by atoms with Gasteiger partial charge in [0.1, 0.15) is 40.4 Å². The number of carbonyl (C=O) groups is 1. The van der Waals surface area contributed by atoms with E-state index in [1.54, 1.807) is 37.4 Å². The zero-order chi connectivity index (χ0) is 51.3. The number of anilines is 1. The predicted octanol–water partition coefficient (Wildman–Crippen LogP) is 13.0. The Balaban J connectivity index is 0.000000150. The van der Waals surface area contributed by atoms with Crippen molar-refractivity contribution in [3.05, 3.63) is 213 Å². The molecule has 5 heterocycles. The minimum absolute atomic E-state index is 0.0942. The Morgan fingerprint density at radius 1 is 0.658 bits per heavy atom. The molecule has 9 aromatic rings. The van der Waals surface area contributed by atoms with Gasteiger partial charge in [0, 0.05) is 37.9 Å². The number of hydrogen-bond donors (Lipinski definition) is 4. The van der Waals surface area contributed by atoms with Crippen LogP contribution in [0.25, 0.3) is 67.0 Å². The van der Waals surface area contributed by atoms with Crippen molar-refractivity contribution in [1.82, 2.24) is 39.5 Å². The average Bonchev–Trinajstić information content (AvgIpc) is 4.15. The zero-order valence-corrected chi connectivity index (χ0v) is 41.4. The molecule has 6 aromatic carbocycles. The number of nitrogens with two attached hydrogens (primary N) is 1. The lowest BCUT2D eigenvalue weighted by Gasteiger charge is -2.11. The first-order chi connectivity index (χ1) is 35.3. The molecule has 366 valence electrons. The number of pyridine rings is 2. The average molecular weight is 1040 g/mol. The third kappa shape index (κ3) is 10.7. The summed E-state index contributed by atoms with van der Waals surface area (Å²) in [5.74, 6) is -1.38. The van der Waals surface area contributed by atoms with Crippen LogP contribution in [0.15, 0.2) is 151 Å². The maximum absolute atomic E-state index is 15.5. The van der Waals surface area contributed by atoms with Crippen molar-refractivity contribution in [2.75, 3.05) is 5.73 Å². The summed E-state index contributed by atoms with van der Waals surface area (Å²) >= 11 is 3.16. The van der Waals surface area contributed by atoms with Gasteiger partial charge in [-0.05, 0) is 140 Å². The second-order valence-corrected chi connectivity index (χ2v) is 18.2. The number of nitrogens with one attached hydrogen (secondary N) is 3. The molecule has 3 aromatic heterocycles. The van der Waals surface area contributed by atoms with E-state index in [0.717, 1.165) is 17.7 Å². The molecule has 73 heavy (non-hydrogen) atoms. The highest BCUT2D eigenvalue weighted by Gasteiger charge is 2.22. The van der Waals surface area contributed by atoms with E-state index in [4.69, 9.17) is 11.1 Å². The number of nitrogen functional groups attached to an aromatic ring is 1. The summed E-state index contributed by atoms with van der Waals surface area (Å²) in [6.45, 7) is 7.17. The summed E-state index contributed by atoms with van der Waals surface area (Å²) in [7, 11) is 0. The van der Waals surface area contributed by atoms with Crippen molar-refractivity contribution in [1.29, 1.82) is 5.41 Å². The SMILES string of the molecule is CCc1cc(Br)c(F)cc1-c1cc(F)c2c(C=O)[nH]nc2c1.CCc1cc(C)c(F)cc1-c1cc(F)c2c(-c3nc4ccn(Cc5ccccc5)cc-4n3)n[nH]c2c1.N=c1ccn(Cc2ccccc2)cc1N. The van der Waals surface area contributed by atoms with Gasteiger partial charge in [0.2, 0.25) is 0 Å². The van der Waals surface area contributed by atoms with Crippen molar-refractivity contribution in [3.8, 4) is 45.2 Å². The topological polar surface area (TPSA) is 160 Å². The van der Waals surface area contributed by atoms with Gasteiger partial charge in [-0.2, -0.15) is 10.2 Å². The molecule has 2 aliphatic heterocycles. The van der Waals surface area contributed by atoms with Crippen molar-refractivity contribution in [2.45, 2.75) is 46.7 Å². The molecule has 2 aliphatic rings. The Kier molecular flexibility index (Phi) is 14.5. The molecule has 5 N–H and O–H groups in total. The molecule has 11 nitrogen and oxygen atoms in total. The number of aromatic amines is 2. The van der Waals surface area contributed by atoms with Crippen LogP contribution in [0.3, 0.4) is 0 Å².